The molecule has 0 aliphatic carbocycles. The molecule has 32 valence electrons. The summed E-state index contributed by atoms with van der Waals surface area (Å²) in [5.41, 5.74) is 0. The van der Waals surface area contributed by atoms with Gasteiger partial charge in [0.25, 0.3) is 0 Å². The molecule has 1 heterocycles. The molecule has 0 bridgehead atoms. The van der Waals surface area contributed by atoms with Crippen molar-refractivity contribution in [1.29, 1.82) is 0 Å². The van der Waals surface area contributed by atoms with Crippen LogP contribution < -0.4 is 0 Å². The van der Waals surface area contributed by atoms with Crippen molar-refractivity contribution in [2.24, 2.45) is 0 Å². The molecule has 0 fully saturated rings. The molecule has 0 saturated heterocycles. The van der Waals surface area contributed by atoms with Crippen LogP contribution in [0.3, 0.4) is 0 Å². The van der Waals surface area contributed by atoms with Crippen LogP contribution in [-0.2, 0) is 0 Å². The Labute approximate surface area is 45.1 Å². The van der Waals surface area contributed by atoms with Gasteiger partial charge in [0.15, 0.2) is 0 Å². The molecular formula is C5H8Ge. The van der Waals surface area contributed by atoms with Crippen LogP contribution >= 0.6 is 0 Å². The third-order valence-electron chi connectivity index (χ3n) is 0.928. The molecule has 1 rings (SSSR count). The van der Waals surface area contributed by atoms with Crippen molar-refractivity contribution in [3.05, 3.63) is 11.0 Å². The summed E-state index contributed by atoms with van der Waals surface area (Å²) in [6.07, 6.45) is 5.14. The van der Waals surface area contributed by atoms with E-state index in [0.29, 0.717) is 15.4 Å². The maximum absolute atomic E-state index is 2.39. The van der Waals surface area contributed by atoms with Gasteiger partial charge in [-0.3, -0.25) is 0 Å². The molecule has 1 heteroatoms. The molecule has 0 saturated carbocycles. The van der Waals surface area contributed by atoms with Crippen LogP contribution in [0.4, 0.5) is 0 Å². The molecule has 0 unspecified atom stereocenters. The van der Waals surface area contributed by atoms with Crippen LogP contribution in [0.25, 0.3) is 0 Å². The van der Waals surface area contributed by atoms with Gasteiger partial charge < -0.3 is 0 Å². The maximum atomic E-state index is 2.39. The normalized spacial score (nSPS) is 21.3. The van der Waals surface area contributed by atoms with Gasteiger partial charge in [-0.15, -0.1) is 0 Å². The first-order valence-electron chi connectivity index (χ1n) is 2.38. The van der Waals surface area contributed by atoms with Gasteiger partial charge in [0.1, 0.15) is 0 Å². The molecule has 1 aliphatic rings. The van der Waals surface area contributed by atoms with Gasteiger partial charge in [0, 0.05) is 0 Å². The van der Waals surface area contributed by atoms with E-state index in [2.05, 4.69) is 11.0 Å². The van der Waals surface area contributed by atoms with E-state index in [4.69, 9.17) is 0 Å². The van der Waals surface area contributed by atoms with Crippen LogP contribution in [0.15, 0.2) is 11.0 Å². The second-order valence-electron chi connectivity index (χ2n) is 1.50. The molecular weight excluding hydrogens is 133 g/mol. The van der Waals surface area contributed by atoms with E-state index in [1.165, 1.54) is 18.1 Å². The third-order valence-corrected chi connectivity index (χ3v) is 3.26. The first-order chi connectivity index (χ1) is 3.00. The molecule has 2 radical (unpaired) electrons. The molecule has 6 heavy (non-hydrogen) atoms. The van der Waals surface area contributed by atoms with Gasteiger partial charge in [-0.2, -0.15) is 0 Å². The molecule has 1 aliphatic heterocycles. The van der Waals surface area contributed by atoms with E-state index >= 15 is 0 Å². The minimum absolute atomic E-state index is 0.427. The Balaban J connectivity index is 2.26. The van der Waals surface area contributed by atoms with Crippen LogP contribution in [-0.4, -0.2) is 15.4 Å². The fourth-order valence-corrected chi connectivity index (χ4v) is 2.48. The fraction of sp³-hybridized carbons (Fsp3) is 0.600. The van der Waals surface area contributed by atoms with Crippen molar-refractivity contribution < 1.29 is 0 Å². The van der Waals surface area contributed by atoms with Crippen LogP contribution in [0.2, 0.25) is 5.25 Å². The zero-order valence-electron chi connectivity index (χ0n) is 3.78. The molecule has 0 nitrogen and oxygen atoms in total. The summed E-state index contributed by atoms with van der Waals surface area (Å²) in [5.74, 6) is 0. The van der Waals surface area contributed by atoms with E-state index in [1.807, 2.05) is 0 Å². The standard InChI is InChI=1S/C5H8Ge/c1-2-4-6-5-3-1/h2,4H,1,3,5H2. The van der Waals surface area contributed by atoms with Gasteiger partial charge in [-0.05, 0) is 0 Å². The molecule has 0 aromatic rings. The van der Waals surface area contributed by atoms with Crippen molar-refractivity contribution in [2.45, 2.75) is 18.1 Å². The van der Waals surface area contributed by atoms with E-state index in [1.54, 1.807) is 0 Å². The molecule has 0 N–H and O–H groups in total. The SMILES string of the molecule is C1=[CH][Ge][CH2]CC1. The number of rotatable bonds is 0. The molecule has 0 spiro atoms. The van der Waals surface area contributed by atoms with Gasteiger partial charge in [-0.25, -0.2) is 0 Å². The molecule has 0 amide bonds. The first-order valence-corrected chi connectivity index (χ1v) is 5.08. The minimum atomic E-state index is 0.427. The zero-order chi connectivity index (χ0) is 4.24. The third kappa shape index (κ3) is 1.17. The van der Waals surface area contributed by atoms with Crippen LogP contribution in [0, 0.1) is 0 Å². The first kappa shape index (κ1) is 4.44. The van der Waals surface area contributed by atoms with Gasteiger partial charge in [0.2, 0.25) is 0 Å². The van der Waals surface area contributed by atoms with Crippen LogP contribution in [0.5, 0.6) is 0 Å². The number of hydrogen-bond donors (Lipinski definition) is 0. The second kappa shape index (κ2) is 2.45. The summed E-state index contributed by atoms with van der Waals surface area (Å²) >= 11 is 0.427. The van der Waals surface area contributed by atoms with Crippen molar-refractivity contribution in [2.75, 3.05) is 0 Å². The van der Waals surface area contributed by atoms with Crippen molar-refractivity contribution in [3.8, 4) is 0 Å². The summed E-state index contributed by atoms with van der Waals surface area (Å²) in [4.78, 5) is 2.39. The predicted molar refractivity (Wildman–Crippen MR) is 28.9 cm³/mol. The monoisotopic (exact) mass is 142 g/mol. The summed E-state index contributed by atoms with van der Waals surface area (Å²) in [6.45, 7) is 0. The Hall–Kier alpha value is 0.283. The van der Waals surface area contributed by atoms with Gasteiger partial charge in [0.05, 0.1) is 0 Å². The topological polar surface area (TPSA) is 0 Å². The Kier molecular flexibility index (Phi) is 1.82. The summed E-state index contributed by atoms with van der Waals surface area (Å²) < 4.78 is 0. The number of hydrogen-bond acceptors (Lipinski definition) is 0. The second-order valence-corrected chi connectivity index (χ2v) is 4.10. The van der Waals surface area contributed by atoms with Crippen molar-refractivity contribution in [3.63, 3.8) is 0 Å². The summed E-state index contributed by atoms with van der Waals surface area (Å²) in [6, 6.07) is 0. The number of allylic oxidation sites excluding steroid dienone is 1. The van der Waals surface area contributed by atoms with E-state index < -0.39 is 0 Å². The van der Waals surface area contributed by atoms with E-state index in [-0.39, 0.29) is 0 Å². The Bertz CT molecular complexity index is 49.0. The average molecular weight is 141 g/mol. The fourth-order valence-electron chi connectivity index (χ4n) is 0.572. The molecule has 0 aromatic heterocycles. The quantitative estimate of drug-likeness (QED) is 0.447. The molecule has 0 aromatic carbocycles. The van der Waals surface area contributed by atoms with Gasteiger partial charge in [-0.1, -0.05) is 0 Å². The van der Waals surface area contributed by atoms with Gasteiger partial charge >= 0.3 is 44.5 Å². The summed E-state index contributed by atoms with van der Waals surface area (Å²) in [5, 5.41) is 1.54. The van der Waals surface area contributed by atoms with Crippen molar-refractivity contribution >= 4 is 15.4 Å². The Morgan fingerprint density at radius 2 is 2.50 bits per heavy atom. The summed E-state index contributed by atoms with van der Waals surface area (Å²) in [7, 11) is 0. The molecule has 0 atom stereocenters. The zero-order valence-corrected chi connectivity index (χ0v) is 5.87. The van der Waals surface area contributed by atoms with E-state index in [0.717, 1.165) is 0 Å². The van der Waals surface area contributed by atoms with Crippen molar-refractivity contribution in [1.82, 2.24) is 0 Å². The Morgan fingerprint density at radius 3 is 2.67 bits per heavy atom. The Morgan fingerprint density at radius 1 is 1.50 bits per heavy atom. The average Bonchev–Trinajstić information content (AvgIpc) is 1.72. The van der Waals surface area contributed by atoms with E-state index in [9.17, 15) is 0 Å². The van der Waals surface area contributed by atoms with Crippen LogP contribution in [0.1, 0.15) is 12.8 Å². The predicted octanol–water partition coefficient (Wildman–Crippen LogP) is 1.42.